The first-order valence-electron chi connectivity index (χ1n) is 20.1. The highest BCUT2D eigenvalue weighted by Gasteiger charge is 2.37. The van der Waals surface area contributed by atoms with E-state index in [4.69, 9.17) is 11.0 Å². The third kappa shape index (κ3) is 5.30. The molecule has 0 bridgehead atoms. The molecule has 0 fully saturated rings. The summed E-state index contributed by atoms with van der Waals surface area (Å²) in [7, 11) is 0. The highest BCUT2D eigenvalue weighted by molar-refractivity contribution is 7.25. The van der Waals surface area contributed by atoms with Gasteiger partial charge in [0.15, 0.2) is 0 Å². The van der Waals surface area contributed by atoms with E-state index in [0.29, 0.717) is 5.42 Å². The average molecular weight is 773 g/mol. The lowest BCUT2D eigenvalue weighted by atomic mass is 9.79. The molecule has 2 heterocycles. The molecular weight excluding hydrogens is 733 g/mol. The first kappa shape index (κ1) is 35.2. The van der Waals surface area contributed by atoms with Crippen LogP contribution in [0, 0.1) is 0 Å². The highest BCUT2D eigenvalue weighted by atomic mass is 32.1. The Hall–Kier alpha value is -7.00. The predicted molar refractivity (Wildman–Crippen MR) is 257 cm³/mol. The van der Waals surface area contributed by atoms with Crippen LogP contribution in [0.4, 0.5) is 0 Å². The zero-order valence-corrected chi connectivity index (χ0v) is 34.0. The molecule has 2 heteroatoms. The second-order valence-corrected chi connectivity index (χ2v) is 17.5. The van der Waals surface area contributed by atoms with Crippen LogP contribution in [0.5, 0.6) is 0 Å². The summed E-state index contributed by atoms with van der Waals surface area (Å²) in [6.07, 6.45) is 4.41. The normalized spacial score (nSPS) is 14.8. The average Bonchev–Trinajstić information content (AvgIpc) is 3.84. The fourth-order valence-corrected chi connectivity index (χ4v) is 10.8. The third-order valence-corrected chi connectivity index (χ3v) is 13.8. The molecule has 0 saturated carbocycles. The molecule has 0 N–H and O–H groups in total. The minimum Gasteiger partial charge on any atom is -0.456 e. The summed E-state index contributed by atoms with van der Waals surface area (Å²) in [4.78, 5) is 0. The monoisotopic (exact) mass is 772 g/mol. The molecule has 0 atom stereocenters. The van der Waals surface area contributed by atoms with Crippen molar-refractivity contribution in [2.45, 2.75) is 19.3 Å². The number of allylic oxidation sites excluding steroid dienone is 5. The molecule has 1 aliphatic rings. The second-order valence-electron chi connectivity index (χ2n) is 16.4. The molecule has 0 spiro atoms. The zero-order chi connectivity index (χ0) is 40.2. The summed E-state index contributed by atoms with van der Waals surface area (Å²) in [5.41, 5.74) is 12.3. The first-order chi connectivity index (χ1) is 28.7. The Morgan fingerprint density at radius 3 is 1.97 bits per heavy atom. The van der Waals surface area contributed by atoms with E-state index >= 15 is 0 Å². The summed E-state index contributed by atoms with van der Waals surface area (Å²) in [6, 6.07) is 52.4. The number of thiophene rings is 1. The molecule has 280 valence electrons. The fraction of sp³-hybridized carbons (Fsp3) is 0.0526. The van der Waals surface area contributed by atoms with Gasteiger partial charge < -0.3 is 4.42 Å². The van der Waals surface area contributed by atoms with Gasteiger partial charge in [-0.15, -0.1) is 11.3 Å². The second kappa shape index (κ2) is 13.0. The van der Waals surface area contributed by atoms with Gasteiger partial charge >= 0.3 is 0 Å². The van der Waals surface area contributed by atoms with Crippen molar-refractivity contribution in [1.82, 2.24) is 0 Å². The number of furan rings is 1. The lowest BCUT2D eigenvalue weighted by Gasteiger charge is -2.24. The van der Waals surface area contributed by atoms with Crippen LogP contribution in [-0.4, -0.2) is 0 Å². The van der Waals surface area contributed by atoms with Gasteiger partial charge in [0, 0.05) is 41.6 Å². The Bertz CT molecular complexity index is 3580. The Morgan fingerprint density at radius 2 is 1.24 bits per heavy atom. The SMILES string of the molecule is C=C(/C=c1\c(=C)oc2c1ccc1cc3sc4ccccc4c3cc12)c1ccc2c(c1)C(C)(C)/C(=C/C(=C)c1c3ccccc3c(-c3ccccc3)c3ccccc13)C2=C. The lowest BCUT2D eigenvalue weighted by Crippen LogP contribution is -2.18. The van der Waals surface area contributed by atoms with Gasteiger partial charge in [0.2, 0.25) is 0 Å². The van der Waals surface area contributed by atoms with E-state index in [1.165, 1.54) is 64.0 Å². The van der Waals surface area contributed by atoms with Crippen molar-refractivity contribution in [3.05, 3.63) is 210 Å². The molecule has 2 aromatic heterocycles. The minimum atomic E-state index is -0.322. The maximum Gasteiger partial charge on any atom is 0.143 e. The first-order valence-corrected chi connectivity index (χ1v) is 20.9. The summed E-state index contributed by atoms with van der Waals surface area (Å²) in [5.74, 6) is 0. The predicted octanol–water partition coefficient (Wildman–Crippen LogP) is 14.8. The van der Waals surface area contributed by atoms with Gasteiger partial charge in [-0.3, -0.25) is 0 Å². The molecule has 0 unspecified atom stereocenters. The maximum absolute atomic E-state index is 6.47. The Balaban J connectivity index is 0.983. The molecule has 1 nitrogen and oxygen atoms in total. The van der Waals surface area contributed by atoms with Crippen LogP contribution < -0.4 is 10.6 Å². The molecule has 11 rings (SSSR count). The minimum absolute atomic E-state index is 0.322. The molecule has 0 aliphatic heterocycles. The molecule has 0 saturated heterocycles. The topological polar surface area (TPSA) is 13.1 Å². The van der Waals surface area contributed by atoms with Crippen LogP contribution >= 0.6 is 11.3 Å². The third-order valence-electron chi connectivity index (χ3n) is 12.6. The largest absolute Gasteiger partial charge is 0.456 e. The molecular formula is C57H40OS. The van der Waals surface area contributed by atoms with E-state index in [0.717, 1.165) is 60.4 Å². The van der Waals surface area contributed by atoms with Crippen molar-refractivity contribution in [2.24, 2.45) is 0 Å². The zero-order valence-electron chi connectivity index (χ0n) is 33.2. The molecule has 59 heavy (non-hydrogen) atoms. The Labute approximate surface area is 347 Å². The lowest BCUT2D eigenvalue weighted by molar-refractivity contribution is 0.580. The van der Waals surface area contributed by atoms with Gasteiger partial charge in [0.1, 0.15) is 11.0 Å². The number of benzene rings is 8. The van der Waals surface area contributed by atoms with Gasteiger partial charge in [-0.05, 0) is 119 Å². The molecule has 10 aromatic rings. The Kier molecular flexibility index (Phi) is 7.76. The molecule has 0 radical (unpaired) electrons. The summed E-state index contributed by atoms with van der Waals surface area (Å²) in [5, 5.41) is 11.6. The van der Waals surface area contributed by atoms with E-state index in [1.807, 2.05) is 11.3 Å². The van der Waals surface area contributed by atoms with Gasteiger partial charge in [-0.2, -0.15) is 0 Å². The van der Waals surface area contributed by atoms with Gasteiger partial charge in [-0.25, -0.2) is 0 Å². The van der Waals surface area contributed by atoms with Crippen LogP contribution in [0.1, 0.15) is 36.1 Å². The van der Waals surface area contributed by atoms with E-state index < -0.39 is 0 Å². The van der Waals surface area contributed by atoms with E-state index in [9.17, 15) is 0 Å². The van der Waals surface area contributed by atoms with Gasteiger partial charge in [0.25, 0.3) is 0 Å². The number of fused-ring (bicyclic) bond motifs is 9. The van der Waals surface area contributed by atoms with Crippen LogP contribution in [0.3, 0.4) is 0 Å². The number of hydrogen-bond acceptors (Lipinski definition) is 2. The van der Waals surface area contributed by atoms with Crippen LogP contribution in [0.2, 0.25) is 0 Å². The van der Waals surface area contributed by atoms with E-state index in [-0.39, 0.29) is 5.41 Å². The van der Waals surface area contributed by atoms with E-state index in [2.05, 4.69) is 191 Å². The van der Waals surface area contributed by atoms with Crippen molar-refractivity contribution in [3.8, 4) is 11.1 Å². The molecule has 1 aliphatic carbocycles. The molecule has 8 aromatic carbocycles. The van der Waals surface area contributed by atoms with Crippen molar-refractivity contribution in [1.29, 1.82) is 0 Å². The van der Waals surface area contributed by atoms with Crippen LogP contribution in [-0.2, 0) is 5.41 Å². The van der Waals surface area contributed by atoms with Gasteiger partial charge in [0.05, 0.1) is 0 Å². The quantitative estimate of drug-likeness (QED) is 0.159. The molecule has 0 amide bonds. The maximum atomic E-state index is 6.47. The van der Waals surface area contributed by atoms with Gasteiger partial charge in [-0.1, -0.05) is 162 Å². The number of rotatable bonds is 5. The van der Waals surface area contributed by atoms with Crippen molar-refractivity contribution < 1.29 is 4.42 Å². The van der Waals surface area contributed by atoms with Crippen molar-refractivity contribution in [3.63, 3.8) is 0 Å². The Morgan fingerprint density at radius 1 is 0.576 bits per heavy atom. The summed E-state index contributed by atoms with van der Waals surface area (Å²) in [6.45, 7) is 23.0. The summed E-state index contributed by atoms with van der Waals surface area (Å²) < 4.78 is 9.04. The van der Waals surface area contributed by atoms with Crippen LogP contribution in [0.25, 0.3) is 104 Å². The standard InChI is InChI=1S/C57H40OS/c1-33(28-47-36(4)58-56-46(47)27-25-39-31-53-49(32-48(39)56)41-18-14-15-23-52(41)59-53)38-24-26-40-35(3)50(57(5,6)51(40)30-38)29-34(2)54-42-19-10-12-21-44(42)55(37-16-8-7-9-17-37)45-22-13-11-20-43(45)54/h7-32H,1-4H2,5-6H3/b47-28+,50-29+. The summed E-state index contributed by atoms with van der Waals surface area (Å²) >= 11 is 1.83. The number of hydrogen-bond donors (Lipinski definition) is 0. The fourth-order valence-electron chi connectivity index (χ4n) is 9.68. The smallest absolute Gasteiger partial charge is 0.143 e. The van der Waals surface area contributed by atoms with Crippen LogP contribution in [0.15, 0.2) is 181 Å². The van der Waals surface area contributed by atoms with Crippen molar-refractivity contribution in [2.75, 3.05) is 0 Å². The van der Waals surface area contributed by atoms with Crippen molar-refractivity contribution >= 4 is 104 Å². The van der Waals surface area contributed by atoms with E-state index in [1.54, 1.807) is 0 Å². The highest BCUT2D eigenvalue weighted by Crippen LogP contribution is 2.51.